The number of ketones is 1. The second-order valence-corrected chi connectivity index (χ2v) is 6.57. The molecule has 0 atom stereocenters. The van der Waals surface area contributed by atoms with Gasteiger partial charge in [-0.3, -0.25) is 9.59 Å². The van der Waals surface area contributed by atoms with E-state index < -0.39 is 5.97 Å². The van der Waals surface area contributed by atoms with Crippen molar-refractivity contribution in [1.29, 1.82) is 0 Å². The van der Waals surface area contributed by atoms with Gasteiger partial charge in [-0.2, -0.15) is 0 Å². The fourth-order valence-corrected chi connectivity index (χ4v) is 2.93. The molecule has 0 saturated heterocycles. The van der Waals surface area contributed by atoms with Crippen molar-refractivity contribution in [2.24, 2.45) is 0 Å². The summed E-state index contributed by atoms with van der Waals surface area (Å²) in [6, 6.07) is 7.08. The Kier molecular flexibility index (Phi) is 6.61. The lowest BCUT2D eigenvalue weighted by atomic mass is 9.93. The molecule has 0 unspecified atom stereocenters. The number of ether oxygens (including phenoxy) is 3. The van der Waals surface area contributed by atoms with Gasteiger partial charge in [-0.05, 0) is 73.7 Å². The minimum Gasteiger partial charge on any atom is -0.493 e. The number of carbonyl (C=O) groups excluding carboxylic acids is 2. The lowest BCUT2D eigenvalue weighted by molar-refractivity contribution is -0.141. The average molecular weight is 370 g/mol. The van der Waals surface area contributed by atoms with Crippen molar-refractivity contribution in [3.05, 3.63) is 57.6 Å². The maximum absolute atomic E-state index is 12.5. The monoisotopic (exact) mass is 370 g/mol. The van der Waals surface area contributed by atoms with E-state index in [1.165, 1.54) is 12.7 Å². The fourth-order valence-electron chi connectivity index (χ4n) is 2.93. The third-order valence-electron chi connectivity index (χ3n) is 4.94. The summed E-state index contributed by atoms with van der Waals surface area (Å²) < 4.78 is 15.6. The lowest BCUT2D eigenvalue weighted by Crippen LogP contribution is -2.17. The summed E-state index contributed by atoms with van der Waals surface area (Å²) >= 11 is 0. The summed E-state index contributed by atoms with van der Waals surface area (Å²) in [4.78, 5) is 24.6. The van der Waals surface area contributed by atoms with Crippen LogP contribution < -0.4 is 9.47 Å². The summed E-state index contributed by atoms with van der Waals surface area (Å²) in [6.07, 6.45) is 0.0541. The first-order valence-corrected chi connectivity index (χ1v) is 8.75. The van der Waals surface area contributed by atoms with E-state index in [9.17, 15) is 9.59 Å². The molecule has 0 aliphatic rings. The predicted molar refractivity (Wildman–Crippen MR) is 104 cm³/mol. The van der Waals surface area contributed by atoms with Crippen molar-refractivity contribution in [2.75, 3.05) is 20.8 Å². The molecule has 0 aliphatic carbocycles. The van der Waals surface area contributed by atoms with E-state index in [2.05, 4.69) is 0 Å². The van der Waals surface area contributed by atoms with Gasteiger partial charge in [0.15, 0.2) is 18.1 Å². The van der Waals surface area contributed by atoms with Gasteiger partial charge in [0.2, 0.25) is 5.78 Å². The van der Waals surface area contributed by atoms with Crippen molar-refractivity contribution in [2.45, 2.75) is 34.1 Å². The van der Waals surface area contributed by atoms with E-state index in [-0.39, 0.29) is 18.8 Å². The van der Waals surface area contributed by atoms with Crippen molar-refractivity contribution < 1.29 is 23.8 Å². The molecule has 0 heterocycles. The number of aryl methyl sites for hydroxylation is 1. The molecule has 144 valence electrons. The molecule has 0 aromatic heterocycles. The molecule has 27 heavy (non-hydrogen) atoms. The third-order valence-corrected chi connectivity index (χ3v) is 4.94. The van der Waals surface area contributed by atoms with Crippen LogP contribution in [0.25, 0.3) is 0 Å². The topological polar surface area (TPSA) is 61.8 Å². The first-order valence-electron chi connectivity index (χ1n) is 8.75. The maximum Gasteiger partial charge on any atom is 0.310 e. The van der Waals surface area contributed by atoms with Crippen LogP contribution >= 0.6 is 0 Å². The summed E-state index contributed by atoms with van der Waals surface area (Å²) in [6.45, 7) is 7.66. The maximum atomic E-state index is 12.5. The van der Waals surface area contributed by atoms with Crippen LogP contribution in [0.15, 0.2) is 24.3 Å². The van der Waals surface area contributed by atoms with E-state index in [0.717, 1.165) is 22.3 Å². The summed E-state index contributed by atoms with van der Waals surface area (Å²) in [5.41, 5.74) is 5.58. The highest BCUT2D eigenvalue weighted by atomic mass is 16.5. The molecule has 0 amide bonds. The van der Waals surface area contributed by atoms with E-state index in [4.69, 9.17) is 14.2 Å². The Morgan fingerprint density at radius 2 is 1.52 bits per heavy atom. The van der Waals surface area contributed by atoms with Crippen molar-refractivity contribution in [1.82, 2.24) is 0 Å². The van der Waals surface area contributed by atoms with Crippen LogP contribution in [-0.4, -0.2) is 32.6 Å². The number of carbonyl (C=O) groups is 2. The van der Waals surface area contributed by atoms with Gasteiger partial charge in [-0.15, -0.1) is 0 Å². The van der Waals surface area contributed by atoms with E-state index in [1.807, 2.05) is 33.8 Å². The van der Waals surface area contributed by atoms with Gasteiger partial charge in [0.1, 0.15) is 0 Å². The average Bonchev–Trinajstić information content (AvgIpc) is 2.67. The predicted octanol–water partition coefficient (Wildman–Crippen LogP) is 3.91. The molecule has 0 radical (unpaired) electrons. The number of hydrogen-bond acceptors (Lipinski definition) is 5. The van der Waals surface area contributed by atoms with Gasteiger partial charge in [0.25, 0.3) is 0 Å². The molecule has 5 nitrogen and oxygen atoms in total. The standard InChI is InChI=1S/C22H26O5/c1-13-9-18(16(4)15(3)14(13)2)19(23)12-27-22(24)11-17-7-8-20(25-5)21(10-17)26-6/h7-10H,11-12H2,1-6H3. The molecule has 0 saturated carbocycles. The minimum absolute atomic E-state index is 0.0541. The number of Topliss-reactive ketones (excluding diaryl/α,β-unsaturated/α-hetero) is 1. The number of hydrogen-bond donors (Lipinski definition) is 0. The Labute approximate surface area is 160 Å². The molecule has 2 aromatic rings. The Balaban J connectivity index is 2.03. The lowest BCUT2D eigenvalue weighted by Gasteiger charge is -2.14. The number of methoxy groups -OCH3 is 2. The van der Waals surface area contributed by atoms with Crippen molar-refractivity contribution >= 4 is 11.8 Å². The van der Waals surface area contributed by atoms with E-state index >= 15 is 0 Å². The van der Waals surface area contributed by atoms with Gasteiger partial charge in [0, 0.05) is 5.56 Å². The molecule has 0 bridgehead atoms. The molecule has 2 aromatic carbocycles. The molecule has 0 aliphatic heterocycles. The highest BCUT2D eigenvalue weighted by molar-refractivity contribution is 5.99. The van der Waals surface area contributed by atoms with Gasteiger partial charge in [-0.25, -0.2) is 0 Å². The van der Waals surface area contributed by atoms with Gasteiger partial charge in [0.05, 0.1) is 20.6 Å². The number of rotatable bonds is 7. The van der Waals surface area contributed by atoms with Gasteiger partial charge < -0.3 is 14.2 Å². The first kappa shape index (κ1) is 20.5. The zero-order chi connectivity index (χ0) is 20.1. The summed E-state index contributed by atoms with van der Waals surface area (Å²) in [5.74, 6) is 0.471. The van der Waals surface area contributed by atoms with Crippen LogP contribution in [0, 0.1) is 27.7 Å². The number of esters is 1. The highest BCUT2D eigenvalue weighted by Gasteiger charge is 2.16. The number of benzene rings is 2. The molecule has 0 N–H and O–H groups in total. The second-order valence-electron chi connectivity index (χ2n) is 6.57. The molecule has 5 heteroatoms. The quantitative estimate of drug-likeness (QED) is 0.546. The molecular formula is C22H26O5. The summed E-state index contributed by atoms with van der Waals surface area (Å²) in [7, 11) is 3.08. The van der Waals surface area contributed by atoms with Crippen LogP contribution in [-0.2, 0) is 16.0 Å². The summed E-state index contributed by atoms with van der Waals surface area (Å²) in [5, 5.41) is 0. The smallest absolute Gasteiger partial charge is 0.310 e. The Hall–Kier alpha value is -2.82. The van der Waals surface area contributed by atoms with E-state index in [0.29, 0.717) is 17.1 Å². The third kappa shape index (κ3) is 4.67. The largest absolute Gasteiger partial charge is 0.493 e. The highest BCUT2D eigenvalue weighted by Crippen LogP contribution is 2.28. The Morgan fingerprint density at radius 3 is 2.15 bits per heavy atom. The van der Waals surface area contributed by atoms with Crippen molar-refractivity contribution in [3.8, 4) is 11.5 Å². The van der Waals surface area contributed by atoms with Crippen LogP contribution in [0.5, 0.6) is 11.5 Å². The van der Waals surface area contributed by atoms with Crippen LogP contribution in [0.4, 0.5) is 0 Å². The van der Waals surface area contributed by atoms with Crippen LogP contribution in [0.2, 0.25) is 0 Å². The zero-order valence-electron chi connectivity index (χ0n) is 16.8. The molecule has 2 rings (SSSR count). The second kappa shape index (κ2) is 8.71. The zero-order valence-corrected chi connectivity index (χ0v) is 16.8. The molecule has 0 fully saturated rings. The fraction of sp³-hybridized carbons (Fsp3) is 0.364. The van der Waals surface area contributed by atoms with Gasteiger partial charge >= 0.3 is 5.97 Å². The normalized spacial score (nSPS) is 10.4. The molecule has 0 spiro atoms. The van der Waals surface area contributed by atoms with Crippen LogP contribution in [0.3, 0.4) is 0 Å². The van der Waals surface area contributed by atoms with Crippen LogP contribution in [0.1, 0.15) is 38.2 Å². The van der Waals surface area contributed by atoms with Gasteiger partial charge in [-0.1, -0.05) is 6.07 Å². The van der Waals surface area contributed by atoms with E-state index in [1.54, 1.807) is 25.3 Å². The van der Waals surface area contributed by atoms with Crippen molar-refractivity contribution in [3.63, 3.8) is 0 Å². The Morgan fingerprint density at radius 1 is 0.852 bits per heavy atom. The Bertz CT molecular complexity index is 867. The minimum atomic E-state index is -0.464. The molecular weight excluding hydrogens is 344 g/mol. The SMILES string of the molecule is COc1ccc(CC(=O)OCC(=O)c2cc(C)c(C)c(C)c2C)cc1OC. The first-order chi connectivity index (χ1) is 12.8.